The SMILES string of the molecule is CCC(C(=O)NCCCN)n1nnc(-c2ccc(Cl)cc2)n1. The van der Waals surface area contributed by atoms with Gasteiger partial charge in [-0.3, -0.25) is 4.79 Å². The van der Waals surface area contributed by atoms with E-state index in [4.69, 9.17) is 17.3 Å². The third-order valence-electron chi connectivity index (χ3n) is 3.18. The van der Waals surface area contributed by atoms with Gasteiger partial charge in [0.2, 0.25) is 11.7 Å². The molecule has 1 unspecified atom stereocenters. The van der Waals surface area contributed by atoms with Gasteiger partial charge in [-0.2, -0.15) is 4.80 Å². The fraction of sp³-hybridized carbons (Fsp3) is 0.429. The first kappa shape index (κ1) is 16.4. The summed E-state index contributed by atoms with van der Waals surface area (Å²) in [5, 5.41) is 15.8. The molecule has 8 heteroatoms. The van der Waals surface area contributed by atoms with E-state index in [1.54, 1.807) is 12.1 Å². The van der Waals surface area contributed by atoms with Crippen molar-refractivity contribution in [1.82, 2.24) is 25.5 Å². The van der Waals surface area contributed by atoms with Crippen molar-refractivity contribution in [1.29, 1.82) is 0 Å². The van der Waals surface area contributed by atoms with Crippen LogP contribution in [0.1, 0.15) is 25.8 Å². The number of benzene rings is 1. The van der Waals surface area contributed by atoms with Crippen molar-refractivity contribution >= 4 is 17.5 Å². The topological polar surface area (TPSA) is 98.7 Å². The van der Waals surface area contributed by atoms with Crippen molar-refractivity contribution < 1.29 is 4.79 Å². The standard InChI is InChI=1S/C14H19ClN6O/c1-2-12(14(22)17-9-3-8-16)21-19-13(18-20-21)10-4-6-11(15)7-5-10/h4-7,12H,2-3,8-9,16H2,1H3,(H,17,22). The van der Waals surface area contributed by atoms with Crippen LogP contribution in [0.4, 0.5) is 0 Å². The van der Waals surface area contributed by atoms with E-state index < -0.39 is 6.04 Å². The number of carbonyl (C=O) groups is 1. The van der Waals surface area contributed by atoms with Crippen LogP contribution in [0.3, 0.4) is 0 Å². The number of tetrazole rings is 1. The van der Waals surface area contributed by atoms with Gasteiger partial charge in [0.25, 0.3) is 0 Å². The second-order valence-corrected chi connectivity index (χ2v) is 5.23. The van der Waals surface area contributed by atoms with Crippen LogP contribution in [-0.2, 0) is 4.79 Å². The Morgan fingerprint density at radius 3 is 2.77 bits per heavy atom. The molecule has 0 radical (unpaired) electrons. The number of aromatic nitrogens is 4. The van der Waals surface area contributed by atoms with Crippen LogP contribution in [0.5, 0.6) is 0 Å². The first-order valence-electron chi connectivity index (χ1n) is 7.19. The third kappa shape index (κ3) is 4.02. The molecular weight excluding hydrogens is 304 g/mol. The molecular formula is C14H19ClN6O. The van der Waals surface area contributed by atoms with Gasteiger partial charge in [0.15, 0.2) is 6.04 Å². The fourth-order valence-electron chi connectivity index (χ4n) is 1.96. The predicted octanol–water partition coefficient (Wildman–Crippen LogP) is 1.41. The monoisotopic (exact) mass is 322 g/mol. The van der Waals surface area contributed by atoms with E-state index in [2.05, 4.69) is 20.7 Å². The number of rotatable bonds is 7. The molecule has 7 nitrogen and oxygen atoms in total. The molecule has 0 bridgehead atoms. The summed E-state index contributed by atoms with van der Waals surface area (Å²) in [6.07, 6.45) is 1.31. The lowest BCUT2D eigenvalue weighted by Gasteiger charge is -2.13. The Morgan fingerprint density at radius 1 is 1.41 bits per heavy atom. The minimum Gasteiger partial charge on any atom is -0.354 e. The maximum absolute atomic E-state index is 12.1. The van der Waals surface area contributed by atoms with Crippen LogP contribution >= 0.6 is 11.6 Å². The quantitative estimate of drug-likeness (QED) is 0.751. The van der Waals surface area contributed by atoms with Gasteiger partial charge in [0.05, 0.1) is 0 Å². The lowest BCUT2D eigenvalue weighted by molar-refractivity contribution is -0.125. The molecule has 118 valence electrons. The molecule has 1 heterocycles. The summed E-state index contributed by atoms with van der Waals surface area (Å²) >= 11 is 5.86. The molecule has 1 aromatic carbocycles. The number of nitrogens with one attached hydrogen (secondary N) is 1. The number of nitrogens with zero attached hydrogens (tertiary/aromatic N) is 4. The molecule has 3 N–H and O–H groups in total. The first-order valence-corrected chi connectivity index (χ1v) is 7.56. The predicted molar refractivity (Wildman–Crippen MR) is 84.3 cm³/mol. The smallest absolute Gasteiger partial charge is 0.246 e. The zero-order chi connectivity index (χ0) is 15.9. The molecule has 0 saturated heterocycles. The first-order chi connectivity index (χ1) is 10.7. The Balaban J connectivity index is 2.10. The van der Waals surface area contributed by atoms with Crippen LogP contribution in [0, 0.1) is 0 Å². The number of nitrogens with two attached hydrogens (primary N) is 1. The molecule has 22 heavy (non-hydrogen) atoms. The highest BCUT2D eigenvalue weighted by molar-refractivity contribution is 6.30. The van der Waals surface area contributed by atoms with E-state index >= 15 is 0 Å². The van der Waals surface area contributed by atoms with Gasteiger partial charge in [-0.05, 0) is 48.9 Å². The fourth-order valence-corrected chi connectivity index (χ4v) is 2.08. The van der Waals surface area contributed by atoms with Gasteiger partial charge in [0, 0.05) is 17.1 Å². The third-order valence-corrected chi connectivity index (χ3v) is 3.43. The lowest BCUT2D eigenvalue weighted by atomic mass is 10.2. The number of hydrogen-bond donors (Lipinski definition) is 2. The summed E-state index contributed by atoms with van der Waals surface area (Å²) in [5.41, 5.74) is 6.21. The highest BCUT2D eigenvalue weighted by Crippen LogP contribution is 2.18. The van der Waals surface area contributed by atoms with Gasteiger partial charge >= 0.3 is 0 Å². The van der Waals surface area contributed by atoms with Crippen molar-refractivity contribution in [2.45, 2.75) is 25.8 Å². The van der Waals surface area contributed by atoms with Crippen LogP contribution in [0.25, 0.3) is 11.4 Å². The minimum atomic E-state index is -0.480. The van der Waals surface area contributed by atoms with E-state index in [1.807, 2.05) is 19.1 Å². The number of hydrogen-bond acceptors (Lipinski definition) is 5. The molecule has 0 fully saturated rings. The van der Waals surface area contributed by atoms with E-state index in [-0.39, 0.29) is 5.91 Å². The molecule has 0 aliphatic rings. The summed E-state index contributed by atoms with van der Waals surface area (Å²) in [5.74, 6) is 0.334. The average molecular weight is 323 g/mol. The summed E-state index contributed by atoms with van der Waals surface area (Å²) in [6, 6.07) is 6.66. The van der Waals surface area contributed by atoms with Gasteiger partial charge in [-0.25, -0.2) is 0 Å². The van der Waals surface area contributed by atoms with Crippen molar-refractivity contribution in [2.75, 3.05) is 13.1 Å². The van der Waals surface area contributed by atoms with Crippen molar-refractivity contribution in [3.8, 4) is 11.4 Å². The van der Waals surface area contributed by atoms with Crippen molar-refractivity contribution in [3.63, 3.8) is 0 Å². The molecule has 0 saturated carbocycles. The zero-order valence-electron chi connectivity index (χ0n) is 12.4. The van der Waals surface area contributed by atoms with Gasteiger partial charge in [-0.15, -0.1) is 10.2 Å². The highest BCUT2D eigenvalue weighted by Gasteiger charge is 2.21. The van der Waals surface area contributed by atoms with E-state index in [1.165, 1.54) is 4.80 Å². The second kappa shape index (κ2) is 7.86. The Kier molecular flexibility index (Phi) is 5.85. The minimum absolute atomic E-state index is 0.129. The average Bonchev–Trinajstić information content (AvgIpc) is 2.98. The number of amides is 1. The molecule has 1 atom stereocenters. The van der Waals surface area contributed by atoms with Crippen LogP contribution in [-0.4, -0.2) is 39.2 Å². The highest BCUT2D eigenvalue weighted by atomic mass is 35.5. The van der Waals surface area contributed by atoms with Crippen molar-refractivity contribution in [3.05, 3.63) is 29.3 Å². The van der Waals surface area contributed by atoms with Crippen LogP contribution in [0.2, 0.25) is 5.02 Å². The van der Waals surface area contributed by atoms with E-state index in [0.29, 0.717) is 30.4 Å². The maximum atomic E-state index is 12.1. The van der Waals surface area contributed by atoms with E-state index in [9.17, 15) is 4.79 Å². The number of carbonyl (C=O) groups excluding carboxylic acids is 1. The van der Waals surface area contributed by atoms with Crippen LogP contribution in [0.15, 0.2) is 24.3 Å². The zero-order valence-corrected chi connectivity index (χ0v) is 13.1. The molecule has 0 spiro atoms. The maximum Gasteiger partial charge on any atom is 0.246 e. The van der Waals surface area contributed by atoms with Crippen LogP contribution < -0.4 is 11.1 Å². The Morgan fingerprint density at radius 2 is 2.14 bits per heavy atom. The summed E-state index contributed by atoms with van der Waals surface area (Å²) in [4.78, 5) is 13.5. The number of halogens is 1. The summed E-state index contributed by atoms with van der Waals surface area (Å²) in [6.45, 7) is 2.99. The Labute approximate surface area is 133 Å². The van der Waals surface area contributed by atoms with Gasteiger partial charge in [0.1, 0.15) is 0 Å². The largest absolute Gasteiger partial charge is 0.354 e. The molecule has 1 aromatic heterocycles. The van der Waals surface area contributed by atoms with E-state index in [0.717, 1.165) is 12.0 Å². The normalized spacial score (nSPS) is 12.1. The van der Waals surface area contributed by atoms with Crippen molar-refractivity contribution in [2.24, 2.45) is 5.73 Å². The van der Waals surface area contributed by atoms with Gasteiger partial charge < -0.3 is 11.1 Å². The second-order valence-electron chi connectivity index (χ2n) is 4.80. The van der Waals surface area contributed by atoms with Gasteiger partial charge in [-0.1, -0.05) is 18.5 Å². The summed E-state index contributed by atoms with van der Waals surface area (Å²) < 4.78 is 0. The molecule has 0 aliphatic carbocycles. The summed E-state index contributed by atoms with van der Waals surface area (Å²) in [7, 11) is 0. The Hall–Kier alpha value is -1.99. The Bertz CT molecular complexity index is 612. The lowest BCUT2D eigenvalue weighted by Crippen LogP contribution is -2.34. The molecule has 2 aromatic rings. The molecule has 2 rings (SSSR count). The molecule has 1 amide bonds. The molecule has 0 aliphatic heterocycles.